The molecule has 2 fully saturated rings. The van der Waals surface area contributed by atoms with E-state index in [2.05, 4.69) is 9.50 Å². The van der Waals surface area contributed by atoms with Crippen molar-refractivity contribution in [3.8, 4) is 0 Å². The van der Waals surface area contributed by atoms with E-state index in [1.165, 1.54) is 0 Å². The van der Waals surface area contributed by atoms with Gasteiger partial charge in [0.2, 0.25) is 16.3 Å². The fraction of sp³-hybridized carbons (Fsp3) is 0.929. The Hall–Kier alpha value is -0.0200. The second-order valence-electron chi connectivity index (χ2n) is 6.77. The molecular weight excluding hydrogens is 461 g/mol. The van der Waals surface area contributed by atoms with Gasteiger partial charge in [0, 0.05) is 6.92 Å². The Kier molecular flexibility index (Phi) is 11.1. The molecule has 2 saturated heterocycles. The second-order valence-corrected chi connectivity index (χ2v) is 7.82. The summed E-state index contributed by atoms with van der Waals surface area (Å²) < 4.78 is 51.4. The summed E-state index contributed by atoms with van der Waals surface area (Å²) in [4.78, 5) is 11.3. The maximum Gasteiger partial charge on any atom is 1.00 e. The van der Waals surface area contributed by atoms with Gasteiger partial charge >= 0.3 is 29.6 Å². The first kappa shape index (κ1) is 29.0. The molecule has 0 spiro atoms. The molecule has 2 aliphatic heterocycles. The number of ether oxygens (including phenoxy) is 3. The van der Waals surface area contributed by atoms with Crippen LogP contribution in [-0.4, -0.2) is 124 Å². The SMILES string of the molecule is CC(=O)NC1C(O)OC(CO)C(OC2OC(COS(=O)(=O)[O-])C(O)C(O)C2O)C1O.[Na+]. The average molecular weight is 485 g/mol. The Morgan fingerprint density at radius 3 is 2.16 bits per heavy atom. The molecule has 0 saturated carbocycles. The minimum absolute atomic E-state index is 0. The van der Waals surface area contributed by atoms with E-state index in [1.54, 1.807) is 0 Å². The molecule has 0 aromatic heterocycles. The Balaban J connectivity index is 0.00000480. The Labute approximate surface area is 199 Å². The number of amides is 1. The molecule has 2 aliphatic rings. The van der Waals surface area contributed by atoms with E-state index in [1.807, 2.05) is 0 Å². The number of hydrogen-bond acceptors (Lipinski definition) is 14. The first-order valence-corrected chi connectivity index (χ1v) is 10.0. The summed E-state index contributed by atoms with van der Waals surface area (Å²) in [6.07, 6.45) is -15.5. The second kappa shape index (κ2) is 11.9. The predicted octanol–water partition coefficient (Wildman–Crippen LogP) is -8.76. The largest absolute Gasteiger partial charge is 1.00 e. The monoisotopic (exact) mass is 485 g/mol. The first-order valence-electron chi connectivity index (χ1n) is 8.70. The van der Waals surface area contributed by atoms with Crippen LogP contribution in [0.2, 0.25) is 0 Å². The Bertz CT molecular complexity index is 696. The van der Waals surface area contributed by atoms with Crippen LogP contribution >= 0.6 is 0 Å². The standard InChI is InChI=1S/C14H25NO14S.Na/c1-4(17)15-7-9(19)12(5(2-16)27-13(7)22)29-14-11(21)10(20)8(18)6(28-14)3-26-30(23,24)25;/h5-14,16,18-22H,2-3H2,1H3,(H,15,17)(H,23,24,25);/q;+1/p-1. The molecular formula is C14H24NNaO14S. The van der Waals surface area contributed by atoms with E-state index in [0.29, 0.717) is 0 Å². The molecule has 7 N–H and O–H groups in total. The number of carbonyl (C=O) groups is 1. The van der Waals surface area contributed by atoms with E-state index >= 15 is 0 Å². The molecule has 0 aliphatic carbocycles. The number of aliphatic hydroxyl groups excluding tert-OH is 6. The van der Waals surface area contributed by atoms with Gasteiger partial charge < -0.3 is 54.7 Å². The van der Waals surface area contributed by atoms with Gasteiger partial charge in [-0.1, -0.05) is 0 Å². The zero-order chi connectivity index (χ0) is 22.8. The molecule has 0 radical (unpaired) electrons. The minimum atomic E-state index is -5.16. The summed E-state index contributed by atoms with van der Waals surface area (Å²) in [5, 5.41) is 62.0. The smallest absolute Gasteiger partial charge is 0.726 e. The van der Waals surface area contributed by atoms with Gasteiger partial charge in [0.25, 0.3) is 0 Å². The molecule has 10 unspecified atom stereocenters. The number of carbonyl (C=O) groups excluding carboxylic acids is 1. The van der Waals surface area contributed by atoms with Crippen LogP contribution in [0.3, 0.4) is 0 Å². The van der Waals surface area contributed by atoms with Crippen LogP contribution in [0, 0.1) is 0 Å². The van der Waals surface area contributed by atoms with Gasteiger partial charge in [-0.2, -0.15) is 0 Å². The maximum atomic E-state index is 11.3. The first-order chi connectivity index (χ1) is 13.9. The third kappa shape index (κ3) is 7.49. The van der Waals surface area contributed by atoms with Crippen LogP contribution < -0.4 is 34.9 Å². The molecule has 17 heteroatoms. The van der Waals surface area contributed by atoms with E-state index in [4.69, 9.17) is 14.2 Å². The van der Waals surface area contributed by atoms with Crippen molar-refractivity contribution in [1.29, 1.82) is 0 Å². The third-order valence-corrected chi connectivity index (χ3v) is 5.00. The number of aliphatic hydroxyl groups is 6. The molecule has 2 rings (SSSR count). The summed E-state index contributed by atoms with van der Waals surface area (Å²) >= 11 is 0. The molecule has 0 aromatic carbocycles. The molecule has 1 amide bonds. The van der Waals surface area contributed by atoms with Crippen molar-refractivity contribution in [1.82, 2.24) is 5.32 Å². The van der Waals surface area contributed by atoms with E-state index in [9.17, 15) is 48.4 Å². The van der Waals surface area contributed by atoms with E-state index in [-0.39, 0.29) is 29.6 Å². The maximum absolute atomic E-state index is 11.3. The minimum Gasteiger partial charge on any atom is -0.726 e. The van der Waals surface area contributed by atoms with Crippen LogP contribution in [-0.2, 0) is 33.6 Å². The molecule has 10 atom stereocenters. The summed E-state index contributed by atoms with van der Waals surface area (Å²) in [7, 11) is -5.16. The predicted molar refractivity (Wildman–Crippen MR) is 88.8 cm³/mol. The van der Waals surface area contributed by atoms with Crippen LogP contribution in [0.25, 0.3) is 0 Å². The average Bonchev–Trinajstić information content (AvgIpc) is 2.65. The van der Waals surface area contributed by atoms with Crippen molar-refractivity contribution < 1.29 is 96.4 Å². The number of hydrogen-bond donors (Lipinski definition) is 7. The van der Waals surface area contributed by atoms with Crippen molar-refractivity contribution in [2.24, 2.45) is 0 Å². The molecule has 2 heterocycles. The quantitative estimate of drug-likeness (QED) is 0.101. The molecule has 15 nitrogen and oxygen atoms in total. The summed E-state index contributed by atoms with van der Waals surface area (Å²) in [6.45, 7) is -0.689. The fourth-order valence-electron chi connectivity index (χ4n) is 3.11. The summed E-state index contributed by atoms with van der Waals surface area (Å²) in [5.74, 6) is -0.633. The van der Waals surface area contributed by atoms with Gasteiger partial charge in [0.15, 0.2) is 12.6 Å². The van der Waals surface area contributed by atoms with Crippen molar-refractivity contribution >= 4 is 16.3 Å². The van der Waals surface area contributed by atoms with Gasteiger partial charge in [-0.05, 0) is 0 Å². The Morgan fingerprint density at radius 2 is 1.65 bits per heavy atom. The van der Waals surface area contributed by atoms with Crippen molar-refractivity contribution in [3.63, 3.8) is 0 Å². The van der Waals surface area contributed by atoms with Gasteiger partial charge in [-0.15, -0.1) is 0 Å². The van der Waals surface area contributed by atoms with Gasteiger partial charge in [-0.3, -0.25) is 8.98 Å². The van der Waals surface area contributed by atoms with Crippen LogP contribution in [0.1, 0.15) is 6.92 Å². The van der Waals surface area contributed by atoms with Crippen molar-refractivity contribution in [3.05, 3.63) is 0 Å². The van der Waals surface area contributed by atoms with Gasteiger partial charge in [0.05, 0.1) is 13.2 Å². The molecule has 176 valence electrons. The number of rotatable bonds is 7. The van der Waals surface area contributed by atoms with Crippen molar-refractivity contribution in [2.45, 2.75) is 68.3 Å². The molecule has 0 aromatic rings. The van der Waals surface area contributed by atoms with Crippen LogP contribution in [0.15, 0.2) is 0 Å². The van der Waals surface area contributed by atoms with Crippen LogP contribution in [0.4, 0.5) is 0 Å². The van der Waals surface area contributed by atoms with Crippen molar-refractivity contribution in [2.75, 3.05) is 13.2 Å². The summed E-state index contributed by atoms with van der Waals surface area (Å²) in [6, 6.07) is -1.39. The topological polar surface area (TPSA) is 245 Å². The zero-order valence-electron chi connectivity index (χ0n) is 16.5. The normalized spacial score (nSPS) is 41.3. The van der Waals surface area contributed by atoms with Gasteiger partial charge in [-0.25, -0.2) is 8.42 Å². The Morgan fingerprint density at radius 1 is 1.03 bits per heavy atom. The van der Waals surface area contributed by atoms with E-state index < -0.39 is 90.9 Å². The third-order valence-electron chi connectivity index (χ3n) is 4.58. The molecule has 31 heavy (non-hydrogen) atoms. The van der Waals surface area contributed by atoms with Crippen LogP contribution in [0.5, 0.6) is 0 Å². The molecule has 0 bridgehead atoms. The van der Waals surface area contributed by atoms with Gasteiger partial charge in [0.1, 0.15) is 48.8 Å². The number of nitrogens with one attached hydrogen (secondary N) is 1. The fourth-order valence-corrected chi connectivity index (χ4v) is 3.41. The summed E-state index contributed by atoms with van der Waals surface area (Å²) in [5.41, 5.74) is 0. The zero-order valence-corrected chi connectivity index (χ0v) is 19.4. The van der Waals surface area contributed by atoms with E-state index in [0.717, 1.165) is 6.92 Å².